The van der Waals surface area contributed by atoms with Gasteiger partial charge in [0.05, 0.1) is 24.4 Å². The van der Waals surface area contributed by atoms with Gasteiger partial charge in [-0.1, -0.05) is 0 Å². The number of hydrogen-bond acceptors (Lipinski definition) is 16. The van der Waals surface area contributed by atoms with E-state index in [1.54, 1.807) is 13.8 Å². The van der Waals surface area contributed by atoms with Gasteiger partial charge in [0, 0.05) is 20.2 Å². The molecule has 2 heterocycles. The van der Waals surface area contributed by atoms with Crippen LogP contribution in [-0.4, -0.2) is 52.6 Å². The molecule has 7 atom stereocenters. The Morgan fingerprint density at radius 1 is 1.03 bits per heavy atom. The lowest BCUT2D eigenvalue weighted by Crippen LogP contribution is -2.41. The number of aromatic amines is 1. The van der Waals surface area contributed by atoms with Crippen LogP contribution in [0.25, 0.3) is 0 Å². The van der Waals surface area contributed by atoms with Gasteiger partial charge >= 0.3 is 11.7 Å². The Morgan fingerprint density at radius 2 is 1.62 bits per heavy atom. The minimum atomic E-state index is -6.07. The first-order valence-electron chi connectivity index (χ1n) is 11.2. The first-order chi connectivity index (χ1) is 17.7. The number of hydrogen-bond donors (Lipinski definition) is 1. The van der Waals surface area contributed by atoms with Crippen LogP contribution in [0.4, 0.5) is 0 Å². The molecular weight excluding hydrogens is 593 g/mol. The molecule has 0 spiro atoms. The highest BCUT2D eigenvalue weighted by Gasteiger charge is 2.50. The summed E-state index contributed by atoms with van der Waals surface area (Å²) >= 11 is 0. The highest BCUT2D eigenvalue weighted by atomic mass is 31.3. The monoisotopic (exact) mass is 621 g/mol. The maximum absolute atomic E-state index is 12.5. The number of ether oxygens (including phenoxy) is 3. The van der Waals surface area contributed by atoms with Crippen LogP contribution in [0, 0.1) is 0 Å². The van der Waals surface area contributed by atoms with Crippen LogP contribution in [-0.2, 0) is 57.4 Å². The van der Waals surface area contributed by atoms with Gasteiger partial charge in [-0.05, 0) is 27.7 Å². The predicted octanol–water partition coefficient (Wildman–Crippen LogP) is -0.881. The van der Waals surface area contributed by atoms with Gasteiger partial charge in [-0.3, -0.25) is 28.3 Å². The molecule has 18 nitrogen and oxygen atoms in total. The number of esters is 1. The van der Waals surface area contributed by atoms with Crippen molar-refractivity contribution in [3.8, 4) is 0 Å². The third-order valence-electron chi connectivity index (χ3n) is 4.62. The highest BCUT2D eigenvalue weighted by molar-refractivity contribution is 7.65. The third-order valence-corrected chi connectivity index (χ3v) is 8.97. The van der Waals surface area contributed by atoms with E-state index >= 15 is 0 Å². The Kier molecular flexibility index (Phi) is 11.2. The molecule has 21 heteroatoms. The highest BCUT2D eigenvalue weighted by Crippen LogP contribution is 2.63. The molecule has 224 valence electrons. The second-order valence-corrected chi connectivity index (χ2v) is 13.2. The van der Waals surface area contributed by atoms with Crippen molar-refractivity contribution >= 4 is 29.4 Å². The van der Waals surface area contributed by atoms with Gasteiger partial charge in [0.2, 0.25) is 0 Å². The molecular formula is C18H28N2O16P3-3. The van der Waals surface area contributed by atoms with E-state index in [9.17, 15) is 42.8 Å². The zero-order valence-electron chi connectivity index (χ0n) is 21.6. The van der Waals surface area contributed by atoms with Crippen molar-refractivity contribution in [3.05, 3.63) is 32.6 Å². The normalized spacial score (nSPS) is 26.2. The molecule has 0 amide bonds. The third kappa shape index (κ3) is 10.1. The molecule has 1 aromatic heterocycles. The SMILES string of the molecule is CC(=O)O[C@H]1C(OC(C)C)[C@@H](COP(=O)([O-])OP(=O)([O-])OP(=O)([O-])OC(C)C)O[C@H]1c1cn(C)c(=O)[nH]c1=O. The van der Waals surface area contributed by atoms with Gasteiger partial charge < -0.3 is 42.5 Å². The van der Waals surface area contributed by atoms with Crippen molar-refractivity contribution < 1.29 is 65.0 Å². The van der Waals surface area contributed by atoms with Crippen molar-refractivity contribution in [2.45, 2.75) is 71.2 Å². The summed E-state index contributed by atoms with van der Waals surface area (Å²) in [6.45, 7) is 5.70. The number of phosphoric acid groups is 3. The summed E-state index contributed by atoms with van der Waals surface area (Å²) in [6, 6.07) is 0. The minimum Gasteiger partial charge on any atom is -0.756 e. The topological polar surface area (TPSA) is 257 Å². The Morgan fingerprint density at radius 3 is 2.15 bits per heavy atom. The van der Waals surface area contributed by atoms with Crippen LogP contribution in [0.1, 0.15) is 46.3 Å². The van der Waals surface area contributed by atoms with E-state index in [1.165, 1.54) is 20.9 Å². The molecule has 1 aliphatic rings. The number of nitrogens with zero attached hydrogens (tertiary/aromatic N) is 1. The molecule has 4 unspecified atom stereocenters. The van der Waals surface area contributed by atoms with E-state index in [4.69, 9.17) is 14.2 Å². The summed E-state index contributed by atoms with van der Waals surface area (Å²) in [5.41, 5.74) is -1.83. The van der Waals surface area contributed by atoms with Gasteiger partial charge in [-0.15, -0.1) is 0 Å². The molecule has 1 aliphatic heterocycles. The molecule has 0 bridgehead atoms. The van der Waals surface area contributed by atoms with Crippen LogP contribution in [0.15, 0.2) is 15.8 Å². The Labute approximate surface area is 221 Å². The lowest BCUT2D eigenvalue weighted by Gasteiger charge is -2.35. The number of nitrogens with one attached hydrogen (secondary N) is 1. The first-order valence-corrected chi connectivity index (χ1v) is 15.6. The second kappa shape index (κ2) is 13.0. The van der Waals surface area contributed by atoms with Crippen molar-refractivity contribution in [2.24, 2.45) is 7.05 Å². The number of carbonyl (C=O) groups is 1. The number of H-pyrrole nitrogens is 1. The van der Waals surface area contributed by atoms with Crippen molar-refractivity contribution in [2.75, 3.05) is 6.61 Å². The summed E-state index contributed by atoms with van der Waals surface area (Å²) in [6.07, 6.45) is -5.91. The van der Waals surface area contributed by atoms with E-state index in [1.807, 2.05) is 4.98 Å². The van der Waals surface area contributed by atoms with Crippen molar-refractivity contribution in [3.63, 3.8) is 0 Å². The van der Waals surface area contributed by atoms with E-state index in [0.717, 1.165) is 17.7 Å². The number of phosphoric ester groups is 2. The number of aromatic nitrogens is 2. The molecule has 0 aromatic carbocycles. The molecule has 1 aromatic rings. The Hall–Kier alpha value is -1.52. The molecule has 0 aliphatic carbocycles. The largest absolute Gasteiger partial charge is 0.756 e. The van der Waals surface area contributed by atoms with Crippen LogP contribution in [0.3, 0.4) is 0 Å². The predicted molar refractivity (Wildman–Crippen MR) is 123 cm³/mol. The molecule has 39 heavy (non-hydrogen) atoms. The first kappa shape index (κ1) is 33.7. The van der Waals surface area contributed by atoms with Crippen LogP contribution < -0.4 is 25.9 Å². The molecule has 0 radical (unpaired) electrons. The van der Waals surface area contributed by atoms with Crippen molar-refractivity contribution in [1.82, 2.24) is 9.55 Å². The molecule has 1 saturated heterocycles. The maximum atomic E-state index is 12.5. The number of carbonyl (C=O) groups excluding carboxylic acids is 1. The smallest absolute Gasteiger partial charge is 0.328 e. The fraction of sp³-hybridized carbons (Fsp3) is 0.722. The summed E-state index contributed by atoms with van der Waals surface area (Å²) in [7, 11) is -16.1. The number of rotatable bonds is 13. The average molecular weight is 621 g/mol. The van der Waals surface area contributed by atoms with E-state index in [0.29, 0.717) is 0 Å². The quantitative estimate of drug-likeness (QED) is 0.207. The summed E-state index contributed by atoms with van der Waals surface area (Å²) in [5.74, 6) is -0.818. The molecule has 1 N–H and O–H groups in total. The van der Waals surface area contributed by atoms with E-state index < -0.39 is 83.9 Å². The summed E-state index contributed by atoms with van der Waals surface area (Å²) in [4.78, 5) is 73.8. The zero-order valence-corrected chi connectivity index (χ0v) is 24.3. The fourth-order valence-electron chi connectivity index (χ4n) is 3.42. The van der Waals surface area contributed by atoms with E-state index in [2.05, 4.69) is 17.7 Å². The maximum Gasteiger partial charge on any atom is 0.328 e. The molecule has 2 rings (SSSR count). The number of aryl methyl sites for hydroxylation is 1. The Balaban J connectivity index is 2.31. The van der Waals surface area contributed by atoms with Crippen LogP contribution in [0.5, 0.6) is 0 Å². The van der Waals surface area contributed by atoms with Gasteiger partial charge in [0.15, 0.2) is 6.10 Å². The Bertz CT molecular complexity index is 1290. The van der Waals surface area contributed by atoms with Crippen molar-refractivity contribution in [1.29, 1.82) is 0 Å². The zero-order chi connectivity index (χ0) is 29.9. The second-order valence-electron chi connectivity index (χ2n) is 8.73. The van der Waals surface area contributed by atoms with Gasteiger partial charge in [-0.25, -0.2) is 13.4 Å². The fourth-order valence-corrected chi connectivity index (χ4v) is 6.96. The lowest BCUT2D eigenvalue weighted by molar-refractivity contribution is -0.252. The minimum absolute atomic E-state index is 0.182. The van der Waals surface area contributed by atoms with Gasteiger partial charge in [0.1, 0.15) is 18.3 Å². The van der Waals surface area contributed by atoms with Crippen LogP contribution in [0.2, 0.25) is 0 Å². The van der Waals surface area contributed by atoms with Gasteiger partial charge in [-0.2, -0.15) is 0 Å². The lowest BCUT2D eigenvalue weighted by atomic mass is 10.0. The molecule has 0 saturated carbocycles. The van der Waals surface area contributed by atoms with E-state index in [-0.39, 0.29) is 5.56 Å². The van der Waals surface area contributed by atoms with Gasteiger partial charge in [0.25, 0.3) is 29.0 Å². The summed E-state index contributed by atoms with van der Waals surface area (Å²) in [5, 5.41) is 0. The summed E-state index contributed by atoms with van der Waals surface area (Å²) < 4.78 is 69.8. The molecule has 1 fully saturated rings. The standard InChI is InChI=1S/C18H31N2O16P3/c1-9(2)31-15-13(8-30-37(24,25)35-39(28,29)36-38(26,27)34-10(3)4)33-14(16(15)32-11(5)21)12-7-20(6)18(23)19-17(12)22/h7,9-10,13-16H,8H2,1-6H3,(H,24,25)(H,26,27)(H,28,29)(H,19,22,23)/p-3/t13-,14+,15?,16-/m1/s1. The average Bonchev–Trinajstić information content (AvgIpc) is 3.02. The van der Waals surface area contributed by atoms with Crippen LogP contribution >= 0.6 is 23.5 Å².